The summed E-state index contributed by atoms with van der Waals surface area (Å²) in [5.41, 5.74) is 2.27. The van der Waals surface area contributed by atoms with Crippen LogP contribution < -0.4 is 0 Å². The zero-order valence-corrected chi connectivity index (χ0v) is 14.0. The summed E-state index contributed by atoms with van der Waals surface area (Å²) in [5, 5.41) is 9.10. The number of aliphatic hydroxyl groups excluding tert-OH is 1. The minimum atomic E-state index is -1.18. The normalized spacial score (nSPS) is 26.7. The van der Waals surface area contributed by atoms with Crippen LogP contribution in [0.2, 0.25) is 25.2 Å². The van der Waals surface area contributed by atoms with E-state index in [1.165, 1.54) is 12.0 Å². The molecule has 0 bridgehead atoms. The molecule has 20 heavy (non-hydrogen) atoms. The molecule has 1 aliphatic rings. The van der Waals surface area contributed by atoms with Crippen molar-refractivity contribution in [2.24, 2.45) is 5.92 Å². The lowest BCUT2D eigenvalue weighted by Gasteiger charge is -2.39. The number of allylic oxidation sites excluding steroid dienone is 2. The van der Waals surface area contributed by atoms with Crippen LogP contribution in [0.1, 0.15) is 30.7 Å². The summed E-state index contributed by atoms with van der Waals surface area (Å²) >= 11 is 0. The highest BCUT2D eigenvalue weighted by atomic mass is 28.3. The third kappa shape index (κ3) is 3.83. The van der Waals surface area contributed by atoms with Crippen LogP contribution in [0, 0.1) is 5.92 Å². The minimum Gasteiger partial charge on any atom is -0.396 e. The van der Waals surface area contributed by atoms with Gasteiger partial charge in [-0.25, -0.2) is 0 Å². The fraction of sp³-hybridized carbons (Fsp3) is 0.556. The van der Waals surface area contributed by atoms with Gasteiger partial charge in [0.1, 0.15) is 0 Å². The van der Waals surface area contributed by atoms with Crippen LogP contribution in [0.5, 0.6) is 0 Å². The van der Waals surface area contributed by atoms with Crippen LogP contribution in [-0.2, 0) is 0 Å². The molecule has 110 valence electrons. The van der Waals surface area contributed by atoms with Gasteiger partial charge in [0, 0.05) is 20.6 Å². The molecule has 0 radical (unpaired) electrons. The Morgan fingerprint density at radius 2 is 1.80 bits per heavy atom. The Balaban J connectivity index is 2.17. The molecule has 1 aromatic rings. The molecule has 0 saturated heterocycles. The largest absolute Gasteiger partial charge is 0.396 e. The third-order valence-corrected chi connectivity index (χ3v) is 7.54. The second-order valence-corrected chi connectivity index (χ2v) is 12.6. The standard InChI is InChI=1S/C18H28OSi/c1-20(2,3)18-14-17(15-8-5-4-6-9-15)12-11-16(18)10-7-13-19/h4-6,8-9,11-12,16-19H,7,10,13-14H2,1-3H3/t16-,17+,18?/m0/s1. The zero-order chi connectivity index (χ0) is 14.6. The average molecular weight is 289 g/mol. The van der Waals surface area contributed by atoms with Crippen molar-refractivity contribution in [3.8, 4) is 0 Å². The molecular weight excluding hydrogens is 260 g/mol. The van der Waals surface area contributed by atoms with E-state index in [0.717, 1.165) is 18.4 Å². The van der Waals surface area contributed by atoms with Gasteiger partial charge in [0.25, 0.3) is 0 Å². The molecule has 1 nitrogen and oxygen atoms in total. The fourth-order valence-corrected chi connectivity index (χ4v) is 6.03. The Bertz CT molecular complexity index is 432. The van der Waals surface area contributed by atoms with E-state index >= 15 is 0 Å². The molecule has 1 aromatic carbocycles. The summed E-state index contributed by atoms with van der Waals surface area (Å²) in [7, 11) is -1.18. The molecular formula is C18H28OSi. The molecule has 1 N–H and O–H groups in total. The summed E-state index contributed by atoms with van der Waals surface area (Å²) in [6, 6.07) is 10.9. The molecule has 0 amide bonds. The van der Waals surface area contributed by atoms with Gasteiger partial charge < -0.3 is 5.11 Å². The summed E-state index contributed by atoms with van der Waals surface area (Å²) in [4.78, 5) is 0. The second kappa shape index (κ2) is 6.73. The Labute approximate surface area is 124 Å². The smallest absolute Gasteiger partial charge is 0.0480 e. The second-order valence-electron chi connectivity index (χ2n) is 7.14. The molecule has 1 aliphatic carbocycles. The predicted octanol–water partition coefficient (Wildman–Crippen LogP) is 4.83. The number of benzene rings is 1. The number of aliphatic hydroxyl groups is 1. The van der Waals surface area contributed by atoms with Crippen molar-refractivity contribution >= 4 is 8.07 Å². The van der Waals surface area contributed by atoms with E-state index in [2.05, 4.69) is 62.1 Å². The molecule has 0 spiro atoms. The topological polar surface area (TPSA) is 20.2 Å². The third-order valence-electron chi connectivity index (χ3n) is 4.65. The predicted molar refractivity (Wildman–Crippen MR) is 89.8 cm³/mol. The van der Waals surface area contributed by atoms with Crippen LogP contribution in [0.25, 0.3) is 0 Å². The van der Waals surface area contributed by atoms with Crippen molar-refractivity contribution in [2.45, 2.75) is 50.4 Å². The quantitative estimate of drug-likeness (QED) is 0.608. The van der Waals surface area contributed by atoms with Gasteiger partial charge in [0.2, 0.25) is 0 Å². The van der Waals surface area contributed by atoms with Crippen molar-refractivity contribution in [2.75, 3.05) is 6.61 Å². The lowest BCUT2D eigenvalue weighted by Crippen LogP contribution is -2.35. The van der Waals surface area contributed by atoms with Crippen molar-refractivity contribution in [1.29, 1.82) is 0 Å². The lowest BCUT2D eigenvalue weighted by atomic mass is 9.82. The van der Waals surface area contributed by atoms with Crippen LogP contribution in [0.3, 0.4) is 0 Å². The first-order chi connectivity index (χ1) is 9.52. The Kier molecular flexibility index (Phi) is 5.22. The first-order valence-corrected chi connectivity index (χ1v) is 11.4. The van der Waals surface area contributed by atoms with Gasteiger partial charge in [-0.3, -0.25) is 0 Å². The number of rotatable bonds is 5. The van der Waals surface area contributed by atoms with E-state index in [-0.39, 0.29) is 0 Å². The lowest BCUT2D eigenvalue weighted by molar-refractivity contribution is 0.273. The van der Waals surface area contributed by atoms with E-state index in [4.69, 9.17) is 5.11 Å². The highest BCUT2D eigenvalue weighted by Gasteiger charge is 2.36. The maximum absolute atomic E-state index is 9.10. The Morgan fingerprint density at radius 3 is 2.40 bits per heavy atom. The van der Waals surface area contributed by atoms with Gasteiger partial charge in [-0.1, -0.05) is 62.1 Å². The number of hydrogen-bond donors (Lipinski definition) is 1. The molecule has 0 aromatic heterocycles. The molecule has 1 unspecified atom stereocenters. The number of hydrogen-bond acceptors (Lipinski definition) is 1. The van der Waals surface area contributed by atoms with E-state index in [0.29, 0.717) is 18.4 Å². The maximum atomic E-state index is 9.10. The van der Waals surface area contributed by atoms with Crippen LogP contribution in [0.4, 0.5) is 0 Å². The summed E-state index contributed by atoms with van der Waals surface area (Å²) in [6.45, 7) is 7.80. The van der Waals surface area contributed by atoms with Crippen molar-refractivity contribution in [3.05, 3.63) is 48.0 Å². The van der Waals surface area contributed by atoms with Crippen molar-refractivity contribution < 1.29 is 5.11 Å². The van der Waals surface area contributed by atoms with Gasteiger partial charge >= 0.3 is 0 Å². The Hall–Kier alpha value is -0.863. The molecule has 2 rings (SSSR count). The fourth-order valence-electron chi connectivity index (χ4n) is 3.51. The van der Waals surface area contributed by atoms with Gasteiger partial charge in [0.15, 0.2) is 0 Å². The van der Waals surface area contributed by atoms with E-state index in [1.807, 2.05) is 0 Å². The van der Waals surface area contributed by atoms with E-state index in [9.17, 15) is 0 Å². The SMILES string of the molecule is C[Si](C)(C)C1C[C@H](c2ccccc2)C=C[C@@H]1CCCO. The molecule has 0 saturated carbocycles. The molecule has 3 atom stereocenters. The van der Waals surface area contributed by atoms with E-state index in [1.54, 1.807) is 0 Å². The first-order valence-electron chi connectivity index (χ1n) is 7.86. The molecule has 0 fully saturated rings. The summed E-state index contributed by atoms with van der Waals surface area (Å²) in [6.07, 6.45) is 8.22. The summed E-state index contributed by atoms with van der Waals surface area (Å²) in [5.74, 6) is 1.26. The molecule has 0 aliphatic heterocycles. The molecule has 0 heterocycles. The van der Waals surface area contributed by atoms with Gasteiger partial charge in [0.05, 0.1) is 0 Å². The van der Waals surface area contributed by atoms with Crippen LogP contribution in [-0.4, -0.2) is 19.8 Å². The maximum Gasteiger partial charge on any atom is 0.0480 e. The van der Waals surface area contributed by atoms with Crippen LogP contribution >= 0.6 is 0 Å². The Morgan fingerprint density at radius 1 is 1.10 bits per heavy atom. The monoisotopic (exact) mass is 288 g/mol. The van der Waals surface area contributed by atoms with Crippen molar-refractivity contribution in [3.63, 3.8) is 0 Å². The average Bonchev–Trinajstić information content (AvgIpc) is 2.45. The zero-order valence-electron chi connectivity index (χ0n) is 13.0. The van der Waals surface area contributed by atoms with Crippen molar-refractivity contribution in [1.82, 2.24) is 0 Å². The van der Waals surface area contributed by atoms with Gasteiger partial charge in [-0.05, 0) is 36.3 Å². The highest BCUT2D eigenvalue weighted by molar-refractivity contribution is 6.77. The van der Waals surface area contributed by atoms with Gasteiger partial charge in [-0.2, -0.15) is 0 Å². The van der Waals surface area contributed by atoms with E-state index < -0.39 is 8.07 Å². The minimum absolute atomic E-state index is 0.324. The van der Waals surface area contributed by atoms with Gasteiger partial charge in [-0.15, -0.1) is 0 Å². The van der Waals surface area contributed by atoms with Crippen LogP contribution in [0.15, 0.2) is 42.5 Å². The first kappa shape index (κ1) is 15.5. The molecule has 2 heteroatoms. The summed E-state index contributed by atoms with van der Waals surface area (Å²) < 4.78 is 0. The highest BCUT2D eigenvalue weighted by Crippen LogP contribution is 2.45.